The Balaban J connectivity index is 2.17. The van der Waals surface area contributed by atoms with Gasteiger partial charge in [0.05, 0.1) is 6.10 Å². The Bertz CT molecular complexity index is 228. The first kappa shape index (κ1) is 13.3. The van der Waals surface area contributed by atoms with Crippen molar-refractivity contribution in [3.63, 3.8) is 0 Å². The molecule has 0 aromatic carbocycles. The van der Waals surface area contributed by atoms with Gasteiger partial charge in [-0.2, -0.15) is 0 Å². The van der Waals surface area contributed by atoms with Crippen molar-refractivity contribution >= 4 is 5.96 Å². The molecule has 0 spiro atoms. The van der Waals surface area contributed by atoms with E-state index < -0.39 is 0 Å². The number of hydrogen-bond donors (Lipinski definition) is 3. The van der Waals surface area contributed by atoms with Gasteiger partial charge in [0.2, 0.25) is 0 Å². The van der Waals surface area contributed by atoms with Crippen molar-refractivity contribution in [3.8, 4) is 0 Å². The molecule has 1 fully saturated rings. The molecule has 4 N–H and O–H groups in total. The zero-order valence-electron chi connectivity index (χ0n) is 10.4. The highest BCUT2D eigenvalue weighted by Gasteiger charge is 2.24. The summed E-state index contributed by atoms with van der Waals surface area (Å²) >= 11 is 0. The molecule has 0 amide bonds. The lowest BCUT2D eigenvalue weighted by Gasteiger charge is -2.12. The Morgan fingerprint density at radius 2 is 2.25 bits per heavy atom. The van der Waals surface area contributed by atoms with E-state index in [1.807, 2.05) is 0 Å². The summed E-state index contributed by atoms with van der Waals surface area (Å²) in [6, 6.07) is 0. The maximum Gasteiger partial charge on any atom is 0.188 e. The fraction of sp³-hybridized carbons (Fsp3) is 0.917. The summed E-state index contributed by atoms with van der Waals surface area (Å²) in [5, 5.41) is 12.7. The maximum absolute atomic E-state index is 9.62. The van der Waals surface area contributed by atoms with Crippen LogP contribution in [0.25, 0.3) is 0 Å². The number of aliphatic hydroxyl groups excluding tert-OH is 1. The van der Waals surface area contributed by atoms with Crippen molar-refractivity contribution in [2.75, 3.05) is 13.1 Å². The summed E-state index contributed by atoms with van der Waals surface area (Å²) in [6.07, 6.45) is 4.03. The van der Waals surface area contributed by atoms with Gasteiger partial charge in [-0.3, -0.25) is 4.99 Å². The fourth-order valence-corrected chi connectivity index (χ4v) is 1.99. The van der Waals surface area contributed by atoms with Crippen molar-refractivity contribution in [3.05, 3.63) is 0 Å². The van der Waals surface area contributed by atoms with Gasteiger partial charge in [-0.25, -0.2) is 0 Å². The monoisotopic (exact) mass is 227 g/mol. The molecule has 0 aliphatic heterocycles. The second kappa shape index (κ2) is 6.74. The van der Waals surface area contributed by atoms with Gasteiger partial charge < -0.3 is 16.2 Å². The van der Waals surface area contributed by atoms with Crippen LogP contribution in [0.15, 0.2) is 4.99 Å². The van der Waals surface area contributed by atoms with Gasteiger partial charge in [-0.05, 0) is 25.2 Å². The number of guanidine groups is 1. The predicted molar refractivity (Wildman–Crippen MR) is 67.3 cm³/mol. The van der Waals surface area contributed by atoms with Crippen LogP contribution in [0.1, 0.15) is 39.5 Å². The molecule has 2 atom stereocenters. The highest BCUT2D eigenvalue weighted by molar-refractivity contribution is 5.77. The summed E-state index contributed by atoms with van der Waals surface area (Å²) in [5.41, 5.74) is 5.74. The molecule has 1 aliphatic carbocycles. The smallest absolute Gasteiger partial charge is 0.188 e. The van der Waals surface area contributed by atoms with Crippen molar-refractivity contribution in [1.82, 2.24) is 5.32 Å². The van der Waals surface area contributed by atoms with Gasteiger partial charge in [0.1, 0.15) is 0 Å². The van der Waals surface area contributed by atoms with E-state index in [0.717, 1.165) is 32.2 Å². The number of hydrogen-bond acceptors (Lipinski definition) is 2. The van der Waals surface area contributed by atoms with Crippen LogP contribution in [0, 0.1) is 11.8 Å². The lowest BCUT2D eigenvalue weighted by atomic mass is 10.1. The van der Waals surface area contributed by atoms with E-state index in [4.69, 9.17) is 5.73 Å². The van der Waals surface area contributed by atoms with E-state index in [-0.39, 0.29) is 6.10 Å². The Labute approximate surface area is 98.3 Å². The van der Waals surface area contributed by atoms with Gasteiger partial charge in [-0.15, -0.1) is 0 Å². The first-order valence-electron chi connectivity index (χ1n) is 6.31. The molecule has 1 saturated carbocycles. The van der Waals surface area contributed by atoms with Crippen molar-refractivity contribution < 1.29 is 5.11 Å². The fourth-order valence-electron chi connectivity index (χ4n) is 1.99. The average molecular weight is 227 g/mol. The summed E-state index contributed by atoms with van der Waals surface area (Å²) in [4.78, 5) is 4.28. The Kier molecular flexibility index (Phi) is 5.60. The third kappa shape index (κ3) is 4.84. The molecule has 0 aromatic heterocycles. The van der Waals surface area contributed by atoms with Crippen LogP contribution < -0.4 is 11.1 Å². The van der Waals surface area contributed by atoms with Gasteiger partial charge in [-0.1, -0.05) is 20.3 Å². The minimum Gasteiger partial charge on any atom is -0.393 e. The van der Waals surface area contributed by atoms with Crippen LogP contribution in [0.3, 0.4) is 0 Å². The van der Waals surface area contributed by atoms with E-state index >= 15 is 0 Å². The number of nitrogens with one attached hydrogen (secondary N) is 1. The molecule has 0 aromatic rings. The molecule has 0 saturated heterocycles. The van der Waals surface area contributed by atoms with E-state index in [1.165, 1.54) is 0 Å². The molecule has 0 bridgehead atoms. The molecular formula is C12H25N3O. The number of rotatable bonds is 5. The van der Waals surface area contributed by atoms with E-state index in [1.54, 1.807) is 0 Å². The minimum atomic E-state index is -0.174. The summed E-state index contributed by atoms with van der Waals surface area (Å²) in [5.74, 6) is 1.50. The first-order valence-corrected chi connectivity index (χ1v) is 6.31. The Morgan fingerprint density at radius 3 is 2.81 bits per heavy atom. The lowest BCUT2D eigenvalue weighted by molar-refractivity contribution is 0.136. The first-order chi connectivity index (χ1) is 7.59. The van der Waals surface area contributed by atoms with Crippen LogP contribution in [-0.4, -0.2) is 30.3 Å². The molecule has 1 aliphatic rings. The van der Waals surface area contributed by atoms with E-state index in [2.05, 4.69) is 24.2 Å². The SMILES string of the molecule is CC(C)CCNC(N)=NCC1CCCC1O. The van der Waals surface area contributed by atoms with Gasteiger partial charge in [0.15, 0.2) is 5.96 Å². The number of nitrogens with zero attached hydrogens (tertiary/aromatic N) is 1. The average Bonchev–Trinajstić information content (AvgIpc) is 2.60. The van der Waals surface area contributed by atoms with Crippen LogP contribution in [0.5, 0.6) is 0 Å². The Morgan fingerprint density at radius 1 is 1.50 bits per heavy atom. The highest BCUT2D eigenvalue weighted by atomic mass is 16.3. The van der Waals surface area contributed by atoms with Crippen LogP contribution in [0.4, 0.5) is 0 Å². The normalized spacial score (nSPS) is 26.4. The third-order valence-electron chi connectivity index (χ3n) is 3.14. The van der Waals surface area contributed by atoms with Gasteiger partial charge in [0, 0.05) is 19.0 Å². The summed E-state index contributed by atoms with van der Waals surface area (Å²) < 4.78 is 0. The summed E-state index contributed by atoms with van der Waals surface area (Å²) in [6.45, 7) is 5.90. The number of nitrogens with two attached hydrogens (primary N) is 1. The van der Waals surface area contributed by atoms with E-state index in [9.17, 15) is 5.11 Å². The van der Waals surface area contributed by atoms with Gasteiger partial charge >= 0.3 is 0 Å². The molecule has 1 rings (SSSR count). The quantitative estimate of drug-likeness (QED) is 0.486. The Hall–Kier alpha value is -0.770. The molecule has 0 radical (unpaired) electrons. The standard InChI is InChI=1S/C12H25N3O/c1-9(2)6-7-14-12(13)15-8-10-4-3-5-11(10)16/h9-11,16H,3-8H2,1-2H3,(H3,13,14,15). The lowest BCUT2D eigenvalue weighted by Crippen LogP contribution is -2.33. The molecular weight excluding hydrogens is 202 g/mol. The summed E-state index contributed by atoms with van der Waals surface area (Å²) in [7, 11) is 0. The molecule has 4 nitrogen and oxygen atoms in total. The van der Waals surface area contributed by atoms with Crippen LogP contribution >= 0.6 is 0 Å². The third-order valence-corrected chi connectivity index (χ3v) is 3.14. The second-order valence-corrected chi connectivity index (χ2v) is 5.09. The predicted octanol–water partition coefficient (Wildman–Crippen LogP) is 1.10. The number of aliphatic hydroxyl groups is 1. The van der Waals surface area contributed by atoms with Crippen LogP contribution in [-0.2, 0) is 0 Å². The zero-order chi connectivity index (χ0) is 12.0. The number of aliphatic imine (C=N–C) groups is 1. The molecule has 94 valence electrons. The second-order valence-electron chi connectivity index (χ2n) is 5.09. The zero-order valence-corrected chi connectivity index (χ0v) is 10.4. The van der Waals surface area contributed by atoms with Crippen LogP contribution in [0.2, 0.25) is 0 Å². The minimum absolute atomic E-state index is 0.174. The molecule has 16 heavy (non-hydrogen) atoms. The molecule has 2 unspecified atom stereocenters. The van der Waals surface area contributed by atoms with Crippen molar-refractivity contribution in [2.24, 2.45) is 22.6 Å². The van der Waals surface area contributed by atoms with Crippen molar-refractivity contribution in [1.29, 1.82) is 0 Å². The molecule has 4 heteroatoms. The topological polar surface area (TPSA) is 70.6 Å². The molecule has 0 heterocycles. The van der Waals surface area contributed by atoms with E-state index in [0.29, 0.717) is 24.3 Å². The van der Waals surface area contributed by atoms with Crippen molar-refractivity contribution in [2.45, 2.75) is 45.6 Å². The maximum atomic E-state index is 9.62. The highest BCUT2D eigenvalue weighted by Crippen LogP contribution is 2.25. The largest absolute Gasteiger partial charge is 0.393 e. The van der Waals surface area contributed by atoms with Gasteiger partial charge in [0.25, 0.3) is 0 Å².